The molecule has 5 nitrogen and oxygen atoms in total. The molecule has 1 aromatic carbocycles. The van der Waals surface area contributed by atoms with Crippen LogP contribution in [0, 0.1) is 5.82 Å². The second kappa shape index (κ2) is 7.83. The number of benzene rings is 1. The second-order valence-corrected chi connectivity index (χ2v) is 4.19. The van der Waals surface area contributed by atoms with Crippen molar-refractivity contribution in [2.75, 3.05) is 20.3 Å². The number of halogens is 1. The lowest BCUT2D eigenvalue weighted by Crippen LogP contribution is -2.23. The van der Waals surface area contributed by atoms with Crippen molar-refractivity contribution in [3.05, 3.63) is 35.1 Å². The van der Waals surface area contributed by atoms with Gasteiger partial charge in [-0.15, -0.1) is 0 Å². The summed E-state index contributed by atoms with van der Waals surface area (Å²) in [6.45, 7) is 0.957. The van der Waals surface area contributed by atoms with Crippen LogP contribution in [0.4, 0.5) is 4.39 Å². The Balaban J connectivity index is 2.44. The second-order valence-electron chi connectivity index (χ2n) is 4.19. The van der Waals surface area contributed by atoms with Crippen molar-refractivity contribution in [1.29, 1.82) is 0 Å². The fraction of sp³-hybridized carbons (Fsp3) is 0.462. The van der Waals surface area contributed by atoms with Crippen molar-refractivity contribution in [1.82, 2.24) is 5.32 Å². The molecule has 0 aliphatic rings. The first-order chi connectivity index (χ1) is 9.04. The van der Waals surface area contributed by atoms with Crippen molar-refractivity contribution < 1.29 is 24.1 Å². The highest BCUT2D eigenvalue weighted by atomic mass is 19.1. The van der Waals surface area contributed by atoms with Gasteiger partial charge in [0.05, 0.1) is 18.3 Å². The van der Waals surface area contributed by atoms with Gasteiger partial charge in [0.25, 0.3) is 0 Å². The van der Waals surface area contributed by atoms with Crippen LogP contribution < -0.4 is 5.32 Å². The first-order valence-electron chi connectivity index (χ1n) is 5.94. The Morgan fingerprint density at radius 2 is 2.26 bits per heavy atom. The maximum absolute atomic E-state index is 13.4. The maximum atomic E-state index is 13.4. The number of aromatic carboxylic acids is 1. The molecule has 1 unspecified atom stereocenters. The number of carboxylic acid groups (broad SMARTS) is 1. The molecule has 1 aromatic rings. The lowest BCUT2D eigenvalue weighted by atomic mass is 10.1. The Bertz CT molecular complexity index is 425. The van der Waals surface area contributed by atoms with Gasteiger partial charge in [-0.2, -0.15) is 0 Å². The molecule has 1 rings (SSSR count). The van der Waals surface area contributed by atoms with Crippen LogP contribution in [0.5, 0.6) is 0 Å². The number of aliphatic hydroxyl groups excluding tert-OH is 1. The molecule has 0 saturated heterocycles. The van der Waals surface area contributed by atoms with Crippen molar-refractivity contribution >= 4 is 5.97 Å². The quantitative estimate of drug-likeness (QED) is 0.615. The molecule has 0 aliphatic carbocycles. The molecule has 0 saturated carbocycles. The zero-order valence-corrected chi connectivity index (χ0v) is 10.7. The summed E-state index contributed by atoms with van der Waals surface area (Å²) < 4.78 is 18.2. The van der Waals surface area contributed by atoms with Gasteiger partial charge in [-0.3, -0.25) is 0 Å². The summed E-state index contributed by atoms with van der Waals surface area (Å²) in [5, 5.41) is 21.2. The Morgan fingerprint density at radius 1 is 1.53 bits per heavy atom. The molecule has 0 radical (unpaired) electrons. The summed E-state index contributed by atoms with van der Waals surface area (Å²) in [4.78, 5) is 10.8. The van der Waals surface area contributed by atoms with Crippen LogP contribution in [0.15, 0.2) is 18.2 Å². The van der Waals surface area contributed by atoms with Gasteiger partial charge < -0.3 is 20.3 Å². The van der Waals surface area contributed by atoms with E-state index in [0.29, 0.717) is 18.5 Å². The highest BCUT2D eigenvalue weighted by molar-refractivity contribution is 5.87. The third kappa shape index (κ3) is 5.34. The molecule has 3 N–H and O–H groups in total. The van der Waals surface area contributed by atoms with E-state index in [1.54, 1.807) is 0 Å². The van der Waals surface area contributed by atoms with Gasteiger partial charge in [-0.1, -0.05) is 0 Å². The van der Waals surface area contributed by atoms with Crippen LogP contribution in [0.1, 0.15) is 22.3 Å². The minimum absolute atomic E-state index is 0.0533. The van der Waals surface area contributed by atoms with E-state index in [1.807, 2.05) is 0 Å². The standard InChI is InChI=1S/C13H18FNO4/c1-19-8-11(16)4-5-15-7-10-6-9(13(17)18)2-3-12(10)14/h2-3,6,11,15-16H,4-5,7-8H2,1H3,(H,17,18). The van der Waals surface area contributed by atoms with Gasteiger partial charge in [-0.25, -0.2) is 9.18 Å². The number of rotatable bonds is 8. The predicted octanol–water partition coefficient (Wildman–Crippen LogP) is 1.01. The van der Waals surface area contributed by atoms with Crippen LogP contribution in [-0.2, 0) is 11.3 Å². The van der Waals surface area contributed by atoms with Crippen LogP contribution in [0.3, 0.4) is 0 Å². The van der Waals surface area contributed by atoms with E-state index >= 15 is 0 Å². The van der Waals surface area contributed by atoms with E-state index in [4.69, 9.17) is 9.84 Å². The average molecular weight is 271 g/mol. The van der Waals surface area contributed by atoms with Crippen LogP contribution in [0.25, 0.3) is 0 Å². The summed E-state index contributed by atoms with van der Waals surface area (Å²) in [6.07, 6.45) is -0.0821. The SMILES string of the molecule is COCC(O)CCNCc1cc(C(=O)O)ccc1F. The van der Waals surface area contributed by atoms with Crippen LogP contribution in [0.2, 0.25) is 0 Å². The number of hydrogen-bond acceptors (Lipinski definition) is 4. The number of methoxy groups -OCH3 is 1. The van der Waals surface area contributed by atoms with E-state index in [0.717, 1.165) is 6.07 Å². The van der Waals surface area contributed by atoms with E-state index in [1.165, 1.54) is 19.2 Å². The van der Waals surface area contributed by atoms with Crippen molar-refractivity contribution in [2.24, 2.45) is 0 Å². The summed E-state index contributed by atoms with van der Waals surface area (Å²) in [5.74, 6) is -1.54. The largest absolute Gasteiger partial charge is 0.478 e. The highest BCUT2D eigenvalue weighted by Gasteiger charge is 2.08. The molecule has 0 bridgehead atoms. The smallest absolute Gasteiger partial charge is 0.335 e. The van der Waals surface area contributed by atoms with Gasteiger partial charge >= 0.3 is 5.97 Å². The monoisotopic (exact) mass is 271 g/mol. The number of nitrogens with one attached hydrogen (secondary N) is 1. The minimum Gasteiger partial charge on any atom is -0.478 e. The normalized spacial score (nSPS) is 12.4. The molecule has 0 aromatic heterocycles. The highest BCUT2D eigenvalue weighted by Crippen LogP contribution is 2.10. The lowest BCUT2D eigenvalue weighted by Gasteiger charge is -2.10. The fourth-order valence-corrected chi connectivity index (χ4v) is 1.61. The Kier molecular flexibility index (Phi) is 6.41. The van der Waals surface area contributed by atoms with Crippen LogP contribution >= 0.6 is 0 Å². The Hall–Kier alpha value is -1.50. The molecule has 6 heteroatoms. The number of hydrogen-bond donors (Lipinski definition) is 3. The van der Waals surface area contributed by atoms with Gasteiger partial charge in [0.2, 0.25) is 0 Å². The van der Waals surface area contributed by atoms with Crippen molar-refractivity contribution in [2.45, 2.75) is 19.1 Å². The summed E-state index contributed by atoms with van der Waals surface area (Å²) in [5.41, 5.74) is 0.346. The molecule has 0 spiro atoms. The van der Waals surface area contributed by atoms with Gasteiger partial charge in [0.1, 0.15) is 5.82 Å². The van der Waals surface area contributed by atoms with Gasteiger partial charge in [-0.05, 0) is 31.2 Å². The average Bonchev–Trinajstić information content (AvgIpc) is 2.36. The molecular weight excluding hydrogens is 253 g/mol. The number of carboxylic acids is 1. The van der Waals surface area contributed by atoms with Crippen LogP contribution in [-0.4, -0.2) is 42.5 Å². The number of ether oxygens (including phenoxy) is 1. The summed E-state index contributed by atoms with van der Waals surface area (Å²) >= 11 is 0. The van der Waals surface area contributed by atoms with Crippen molar-refractivity contribution in [3.63, 3.8) is 0 Å². The predicted molar refractivity (Wildman–Crippen MR) is 67.6 cm³/mol. The molecule has 0 aliphatic heterocycles. The van der Waals surface area contributed by atoms with E-state index in [2.05, 4.69) is 5.32 Å². The number of aliphatic hydroxyl groups is 1. The number of carbonyl (C=O) groups is 1. The summed E-state index contributed by atoms with van der Waals surface area (Å²) in [6, 6.07) is 3.67. The third-order valence-corrected chi connectivity index (χ3v) is 2.62. The topological polar surface area (TPSA) is 78.8 Å². The minimum atomic E-state index is -1.09. The summed E-state index contributed by atoms with van der Waals surface area (Å²) in [7, 11) is 1.50. The van der Waals surface area contributed by atoms with E-state index in [9.17, 15) is 14.3 Å². The molecule has 0 fully saturated rings. The Labute approximate surface area is 111 Å². The lowest BCUT2D eigenvalue weighted by molar-refractivity contribution is 0.0594. The molecule has 0 heterocycles. The molecule has 0 amide bonds. The fourth-order valence-electron chi connectivity index (χ4n) is 1.61. The molecular formula is C13H18FNO4. The van der Waals surface area contributed by atoms with Crippen molar-refractivity contribution in [3.8, 4) is 0 Å². The van der Waals surface area contributed by atoms with Gasteiger partial charge in [0.15, 0.2) is 0 Å². The maximum Gasteiger partial charge on any atom is 0.335 e. The molecule has 106 valence electrons. The first-order valence-corrected chi connectivity index (χ1v) is 5.94. The zero-order chi connectivity index (χ0) is 14.3. The Morgan fingerprint density at radius 3 is 2.89 bits per heavy atom. The third-order valence-electron chi connectivity index (χ3n) is 2.62. The zero-order valence-electron chi connectivity index (χ0n) is 10.7. The van der Waals surface area contributed by atoms with E-state index in [-0.39, 0.29) is 18.7 Å². The first kappa shape index (κ1) is 15.6. The molecule has 19 heavy (non-hydrogen) atoms. The molecule has 1 atom stereocenters. The van der Waals surface area contributed by atoms with Gasteiger partial charge in [0, 0.05) is 19.2 Å². The van der Waals surface area contributed by atoms with E-state index < -0.39 is 17.9 Å².